The third-order valence-corrected chi connectivity index (χ3v) is 6.87. The highest BCUT2D eigenvalue weighted by Gasteiger charge is 2.17. The number of rotatable bonds is 11. The van der Waals surface area contributed by atoms with Crippen LogP contribution in [0.15, 0.2) is 61.3 Å². The van der Waals surface area contributed by atoms with Gasteiger partial charge in [-0.3, -0.25) is 4.79 Å². The van der Waals surface area contributed by atoms with Crippen LogP contribution in [0.3, 0.4) is 0 Å². The minimum Gasteiger partial charge on any atom is -0.383 e. The molecule has 0 radical (unpaired) electrons. The van der Waals surface area contributed by atoms with Gasteiger partial charge in [-0.1, -0.05) is 43.7 Å². The SMILES string of the molecule is C=CC(=O)Nc1cc(Nc2ncc(Cl)c(Nc3ccccc3P(C)(C)=O)n2)ccc1NCCCC. The summed E-state index contributed by atoms with van der Waals surface area (Å²) in [6, 6.07) is 12.9. The maximum atomic E-state index is 12.7. The molecule has 0 saturated carbocycles. The van der Waals surface area contributed by atoms with Crippen LogP contribution in [0.25, 0.3) is 0 Å². The molecule has 8 nitrogen and oxygen atoms in total. The minimum absolute atomic E-state index is 0.304. The van der Waals surface area contributed by atoms with Gasteiger partial charge in [-0.15, -0.1) is 0 Å². The first-order chi connectivity index (χ1) is 16.7. The first kappa shape index (κ1) is 26.3. The Labute approximate surface area is 211 Å². The number of nitrogens with one attached hydrogen (secondary N) is 4. The molecule has 10 heteroatoms. The van der Waals surface area contributed by atoms with Crippen molar-refractivity contribution >= 4 is 64.5 Å². The maximum Gasteiger partial charge on any atom is 0.247 e. The second-order valence-electron chi connectivity index (χ2n) is 8.24. The van der Waals surface area contributed by atoms with E-state index in [4.69, 9.17) is 11.6 Å². The van der Waals surface area contributed by atoms with Crippen molar-refractivity contribution in [3.63, 3.8) is 0 Å². The standard InChI is InChI=1S/C25H30ClN6O2P/c1-5-7-14-27-19-13-12-17(15-21(19)30-23(33)6-2)29-25-28-16-18(26)24(32-25)31-20-10-8-9-11-22(20)35(3,4)34/h6,8-13,15-16,27H,2,5,7,14H2,1,3-4H3,(H,30,33)(H2,28,29,31,32). The lowest BCUT2D eigenvalue weighted by molar-refractivity contribution is -0.111. The van der Waals surface area contributed by atoms with Gasteiger partial charge in [0, 0.05) is 17.5 Å². The summed E-state index contributed by atoms with van der Waals surface area (Å²) < 4.78 is 12.7. The van der Waals surface area contributed by atoms with E-state index in [1.165, 1.54) is 12.3 Å². The van der Waals surface area contributed by atoms with Crippen molar-refractivity contribution in [3.8, 4) is 0 Å². The van der Waals surface area contributed by atoms with Crippen molar-refractivity contribution in [1.29, 1.82) is 0 Å². The molecular weight excluding hydrogens is 483 g/mol. The van der Waals surface area contributed by atoms with Crippen LogP contribution < -0.4 is 26.6 Å². The summed E-state index contributed by atoms with van der Waals surface area (Å²) in [5.41, 5.74) is 2.76. The van der Waals surface area contributed by atoms with Gasteiger partial charge >= 0.3 is 0 Å². The molecule has 3 rings (SSSR count). The maximum absolute atomic E-state index is 12.7. The van der Waals surface area contributed by atoms with E-state index in [0.29, 0.717) is 39.2 Å². The molecule has 1 amide bonds. The first-order valence-electron chi connectivity index (χ1n) is 11.2. The Hall–Kier alpha value is -3.35. The topological polar surface area (TPSA) is 108 Å². The summed E-state index contributed by atoms with van der Waals surface area (Å²) in [4.78, 5) is 20.7. The van der Waals surface area contributed by atoms with Crippen molar-refractivity contribution in [1.82, 2.24) is 9.97 Å². The number of benzene rings is 2. The Morgan fingerprint density at radius 3 is 2.60 bits per heavy atom. The van der Waals surface area contributed by atoms with Crippen molar-refractivity contribution in [3.05, 3.63) is 66.3 Å². The van der Waals surface area contributed by atoms with Crippen molar-refractivity contribution < 1.29 is 9.36 Å². The molecule has 0 spiro atoms. The van der Waals surface area contributed by atoms with E-state index in [-0.39, 0.29) is 5.91 Å². The number of para-hydroxylation sites is 1. The van der Waals surface area contributed by atoms with Crippen molar-refractivity contribution in [2.24, 2.45) is 0 Å². The van der Waals surface area contributed by atoms with Gasteiger partial charge in [0.25, 0.3) is 0 Å². The van der Waals surface area contributed by atoms with E-state index in [1.54, 1.807) is 19.4 Å². The number of carbonyl (C=O) groups excluding carboxylic acids is 1. The molecule has 0 unspecified atom stereocenters. The largest absolute Gasteiger partial charge is 0.383 e. The summed E-state index contributed by atoms with van der Waals surface area (Å²) in [7, 11) is -2.52. The molecule has 2 aromatic carbocycles. The lowest BCUT2D eigenvalue weighted by Crippen LogP contribution is -2.12. The predicted octanol–water partition coefficient (Wildman–Crippen LogP) is 6.20. The molecule has 0 atom stereocenters. The highest BCUT2D eigenvalue weighted by atomic mass is 35.5. The van der Waals surface area contributed by atoms with E-state index in [2.05, 4.69) is 44.7 Å². The van der Waals surface area contributed by atoms with Crippen molar-refractivity contribution in [2.75, 3.05) is 41.1 Å². The Balaban J connectivity index is 1.86. The Kier molecular flexibility index (Phi) is 8.90. The summed E-state index contributed by atoms with van der Waals surface area (Å²) in [6.07, 6.45) is 4.78. The van der Waals surface area contributed by atoms with Gasteiger partial charge in [0.15, 0.2) is 5.82 Å². The first-order valence-corrected chi connectivity index (χ1v) is 14.2. The summed E-state index contributed by atoms with van der Waals surface area (Å²) >= 11 is 6.35. The van der Waals surface area contributed by atoms with Gasteiger partial charge in [0.2, 0.25) is 11.9 Å². The normalized spacial score (nSPS) is 11.0. The molecule has 0 fully saturated rings. The second-order valence-corrected chi connectivity index (χ2v) is 11.8. The molecule has 184 valence electrons. The molecular formula is C25H30ClN6O2P. The number of hydrogen-bond donors (Lipinski definition) is 4. The van der Waals surface area contributed by atoms with E-state index >= 15 is 0 Å². The number of halogens is 1. The molecule has 0 bridgehead atoms. The summed E-state index contributed by atoms with van der Waals surface area (Å²) in [5.74, 6) is 0.374. The fraction of sp³-hybridized carbons (Fsp3) is 0.240. The molecule has 0 saturated heterocycles. The van der Waals surface area contributed by atoms with Crippen molar-refractivity contribution in [2.45, 2.75) is 19.8 Å². The third kappa shape index (κ3) is 7.31. The molecule has 1 aromatic heterocycles. The molecule has 35 heavy (non-hydrogen) atoms. The van der Waals surface area contributed by atoms with E-state index in [0.717, 1.165) is 25.1 Å². The number of unbranched alkanes of at least 4 members (excludes halogenated alkanes) is 1. The van der Waals surface area contributed by atoms with E-state index in [1.807, 2.05) is 36.4 Å². The van der Waals surface area contributed by atoms with Crippen LogP contribution in [-0.4, -0.2) is 35.7 Å². The van der Waals surface area contributed by atoms with Crippen LogP contribution in [0, 0.1) is 0 Å². The van der Waals surface area contributed by atoms with Gasteiger partial charge < -0.3 is 25.8 Å². The zero-order chi connectivity index (χ0) is 25.4. The summed E-state index contributed by atoms with van der Waals surface area (Å²) in [5, 5.41) is 13.5. The second kappa shape index (κ2) is 11.9. The lowest BCUT2D eigenvalue weighted by atomic mass is 10.2. The number of hydrogen-bond acceptors (Lipinski definition) is 7. The minimum atomic E-state index is -2.52. The van der Waals surface area contributed by atoms with E-state index in [9.17, 15) is 9.36 Å². The van der Waals surface area contributed by atoms with Gasteiger partial charge in [0.05, 0.1) is 23.3 Å². The van der Waals surface area contributed by atoms with E-state index < -0.39 is 7.14 Å². The van der Waals surface area contributed by atoms with Gasteiger partial charge in [-0.25, -0.2) is 4.98 Å². The Bertz CT molecular complexity index is 1260. The highest BCUT2D eigenvalue weighted by molar-refractivity contribution is 7.70. The predicted molar refractivity (Wildman–Crippen MR) is 148 cm³/mol. The fourth-order valence-corrected chi connectivity index (χ4v) is 4.58. The van der Waals surface area contributed by atoms with Crippen LogP contribution >= 0.6 is 18.7 Å². The Morgan fingerprint density at radius 2 is 1.89 bits per heavy atom. The smallest absolute Gasteiger partial charge is 0.247 e. The third-order valence-electron chi connectivity index (χ3n) is 5.05. The monoisotopic (exact) mass is 512 g/mol. The zero-order valence-corrected chi connectivity index (χ0v) is 21.7. The number of aromatic nitrogens is 2. The highest BCUT2D eigenvalue weighted by Crippen LogP contribution is 2.38. The summed E-state index contributed by atoms with van der Waals surface area (Å²) in [6.45, 7) is 9.86. The molecule has 0 aliphatic heterocycles. The van der Waals surface area contributed by atoms with Crippen LogP contribution in [0.2, 0.25) is 5.02 Å². The average molecular weight is 513 g/mol. The van der Waals surface area contributed by atoms with Crippen LogP contribution in [-0.2, 0) is 9.36 Å². The lowest BCUT2D eigenvalue weighted by Gasteiger charge is -2.16. The molecule has 3 aromatic rings. The number of anilines is 6. The molecule has 1 heterocycles. The number of nitrogens with zero attached hydrogens (tertiary/aromatic N) is 2. The zero-order valence-electron chi connectivity index (χ0n) is 20.1. The average Bonchev–Trinajstić information content (AvgIpc) is 2.82. The number of carbonyl (C=O) groups is 1. The van der Waals surface area contributed by atoms with Crippen LogP contribution in [0.1, 0.15) is 19.8 Å². The molecule has 4 N–H and O–H groups in total. The quantitative estimate of drug-likeness (QED) is 0.137. The van der Waals surface area contributed by atoms with Crippen LogP contribution in [0.5, 0.6) is 0 Å². The van der Waals surface area contributed by atoms with Gasteiger partial charge in [-0.05, 0) is 56.2 Å². The van der Waals surface area contributed by atoms with Crippen LogP contribution in [0.4, 0.5) is 34.5 Å². The van der Waals surface area contributed by atoms with Gasteiger partial charge in [0.1, 0.15) is 12.2 Å². The number of amides is 1. The van der Waals surface area contributed by atoms with Gasteiger partial charge in [-0.2, -0.15) is 4.98 Å². The Morgan fingerprint density at radius 1 is 1.11 bits per heavy atom. The molecule has 0 aliphatic rings. The molecule has 0 aliphatic carbocycles. The fourth-order valence-electron chi connectivity index (χ4n) is 3.28.